The smallest absolute Gasteiger partial charge is 0.278 e. The molecule has 3 aromatic rings. The van der Waals surface area contributed by atoms with E-state index in [-0.39, 0.29) is 23.8 Å². The number of carbonyl (C=O) groups is 1. The van der Waals surface area contributed by atoms with Crippen molar-refractivity contribution in [2.24, 2.45) is 0 Å². The molecule has 0 bridgehead atoms. The van der Waals surface area contributed by atoms with Crippen LogP contribution in [0.15, 0.2) is 84.9 Å². The van der Waals surface area contributed by atoms with Gasteiger partial charge in [0.1, 0.15) is 12.4 Å². The average Bonchev–Trinajstić information content (AvgIpc) is 2.74. The molecular weight excluding hydrogens is 351 g/mol. The lowest BCUT2D eigenvalue weighted by molar-refractivity contribution is -0.908. The van der Waals surface area contributed by atoms with Crippen LogP contribution < -0.4 is 10.2 Å². The van der Waals surface area contributed by atoms with E-state index in [0.29, 0.717) is 12.1 Å². The molecule has 0 radical (unpaired) electrons. The van der Waals surface area contributed by atoms with E-state index < -0.39 is 0 Å². The highest BCUT2D eigenvalue weighted by molar-refractivity contribution is 5.80. The van der Waals surface area contributed by atoms with Crippen LogP contribution in [-0.2, 0) is 11.3 Å². The third-order valence-corrected chi connectivity index (χ3v) is 5.11. The molecule has 0 aliphatic heterocycles. The number of carbonyl (C=O) groups excluding carboxylic acids is 1. The molecule has 3 rings (SSSR count). The monoisotopic (exact) mass is 377 g/mol. The van der Waals surface area contributed by atoms with Crippen LogP contribution in [0, 0.1) is 5.82 Å². The van der Waals surface area contributed by atoms with Crippen molar-refractivity contribution in [3.05, 3.63) is 107 Å². The van der Waals surface area contributed by atoms with E-state index in [0.717, 1.165) is 16.0 Å². The van der Waals surface area contributed by atoms with Crippen molar-refractivity contribution >= 4 is 5.91 Å². The number of hydrogen-bond acceptors (Lipinski definition) is 1. The average molecular weight is 377 g/mol. The van der Waals surface area contributed by atoms with Gasteiger partial charge in [-0.3, -0.25) is 4.79 Å². The molecule has 1 amide bonds. The first-order valence-electron chi connectivity index (χ1n) is 9.52. The summed E-state index contributed by atoms with van der Waals surface area (Å²) in [7, 11) is 1.91. The van der Waals surface area contributed by atoms with Crippen molar-refractivity contribution in [2.45, 2.75) is 25.6 Å². The highest BCUT2D eigenvalue weighted by Crippen LogP contribution is 2.21. The summed E-state index contributed by atoms with van der Waals surface area (Å²) in [4.78, 5) is 13.9. The molecule has 0 saturated heterocycles. The second kappa shape index (κ2) is 9.29. The lowest BCUT2D eigenvalue weighted by atomic mass is 9.98. The molecule has 2 N–H and O–H groups in total. The number of quaternary nitrogens is 1. The first-order chi connectivity index (χ1) is 13.6. The van der Waals surface area contributed by atoms with Gasteiger partial charge in [-0.05, 0) is 24.1 Å². The van der Waals surface area contributed by atoms with Crippen LogP contribution in [0.5, 0.6) is 0 Å². The van der Waals surface area contributed by atoms with E-state index in [9.17, 15) is 9.18 Å². The van der Waals surface area contributed by atoms with Gasteiger partial charge in [0.25, 0.3) is 5.91 Å². The van der Waals surface area contributed by atoms with Gasteiger partial charge >= 0.3 is 0 Å². The molecule has 1 unspecified atom stereocenters. The van der Waals surface area contributed by atoms with Gasteiger partial charge in [-0.1, -0.05) is 78.9 Å². The van der Waals surface area contributed by atoms with Crippen molar-refractivity contribution in [1.29, 1.82) is 0 Å². The number of likely N-dealkylation sites (N-methyl/N-ethyl adjacent to an activating group) is 1. The molecular formula is C24H26FN2O+. The van der Waals surface area contributed by atoms with E-state index in [1.807, 2.05) is 80.7 Å². The largest absolute Gasteiger partial charge is 0.340 e. The van der Waals surface area contributed by atoms with E-state index >= 15 is 0 Å². The molecule has 3 aromatic carbocycles. The molecule has 2 atom stereocenters. The number of hydrogen-bond donors (Lipinski definition) is 2. The Balaban J connectivity index is 1.75. The molecule has 0 spiro atoms. The molecule has 0 fully saturated rings. The predicted molar refractivity (Wildman–Crippen MR) is 109 cm³/mol. The van der Waals surface area contributed by atoms with E-state index in [4.69, 9.17) is 0 Å². The third kappa shape index (κ3) is 4.84. The predicted octanol–water partition coefficient (Wildman–Crippen LogP) is 3.13. The van der Waals surface area contributed by atoms with Gasteiger partial charge in [0.15, 0.2) is 6.04 Å². The van der Waals surface area contributed by atoms with Crippen LogP contribution in [-0.4, -0.2) is 19.0 Å². The van der Waals surface area contributed by atoms with Crippen LogP contribution in [0.2, 0.25) is 0 Å². The third-order valence-electron chi connectivity index (χ3n) is 5.11. The molecule has 4 heteroatoms. The van der Waals surface area contributed by atoms with Gasteiger partial charge in [-0.15, -0.1) is 0 Å². The number of halogens is 1. The molecule has 3 nitrogen and oxygen atoms in total. The second-order valence-corrected chi connectivity index (χ2v) is 7.10. The highest BCUT2D eigenvalue weighted by Gasteiger charge is 2.26. The normalized spacial score (nSPS) is 13.1. The number of benzene rings is 3. The fraction of sp³-hybridized carbons (Fsp3) is 0.208. The Bertz CT molecular complexity index is 859. The maximum atomic E-state index is 14.0. The molecule has 28 heavy (non-hydrogen) atoms. The molecule has 0 aliphatic rings. The standard InChI is InChI=1S/C24H25FN2O/c1-18(27(2)17-21-15-9-10-16-22(21)25)24(28)26-23(19-11-5-3-6-12-19)20-13-7-4-8-14-20/h3-16,18,23H,17H2,1-2H3,(H,26,28)/p+1/t18-/m0/s1. The van der Waals surface area contributed by atoms with Crippen molar-refractivity contribution in [1.82, 2.24) is 5.32 Å². The lowest BCUT2D eigenvalue weighted by Gasteiger charge is -2.25. The maximum Gasteiger partial charge on any atom is 0.278 e. The summed E-state index contributed by atoms with van der Waals surface area (Å²) in [5.74, 6) is -0.299. The first kappa shape index (κ1) is 19.8. The lowest BCUT2D eigenvalue weighted by Crippen LogP contribution is -3.12. The topological polar surface area (TPSA) is 33.5 Å². The number of amides is 1. The fourth-order valence-electron chi connectivity index (χ4n) is 3.24. The SMILES string of the molecule is C[C@@H](C(=O)NC(c1ccccc1)c1ccccc1)[NH+](C)Cc1ccccc1F. The van der Waals surface area contributed by atoms with Crippen LogP contribution in [0.1, 0.15) is 29.7 Å². The number of rotatable bonds is 7. The summed E-state index contributed by atoms with van der Waals surface area (Å²) in [5.41, 5.74) is 2.67. The van der Waals surface area contributed by atoms with E-state index in [1.165, 1.54) is 6.07 Å². The number of nitrogens with one attached hydrogen (secondary N) is 2. The summed E-state index contributed by atoms with van der Waals surface area (Å²) in [5, 5.41) is 3.18. The molecule has 144 valence electrons. The Labute approximate surface area is 165 Å². The highest BCUT2D eigenvalue weighted by atomic mass is 19.1. The van der Waals surface area contributed by atoms with Crippen LogP contribution in [0.4, 0.5) is 4.39 Å². The Morgan fingerprint density at radius 1 is 0.893 bits per heavy atom. The van der Waals surface area contributed by atoms with Crippen LogP contribution in [0.25, 0.3) is 0 Å². The Morgan fingerprint density at radius 3 is 1.93 bits per heavy atom. The summed E-state index contributed by atoms with van der Waals surface area (Å²) in [6, 6.07) is 26.0. The van der Waals surface area contributed by atoms with Gasteiger partial charge in [0.05, 0.1) is 13.1 Å². The summed E-state index contributed by atoms with van der Waals surface area (Å²) in [6.45, 7) is 2.32. The van der Waals surface area contributed by atoms with Gasteiger partial charge in [0, 0.05) is 5.56 Å². The maximum absolute atomic E-state index is 14.0. The van der Waals surface area contributed by atoms with E-state index in [1.54, 1.807) is 12.1 Å². The van der Waals surface area contributed by atoms with Crippen molar-refractivity contribution < 1.29 is 14.1 Å². The Hall–Kier alpha value is -2.98. The molecule has 0 aliphatic carbocycles. The Kier molecular flexibility index (Phi) is 6.56. The molecule has 0 aromatic heterocycles. The summed E-state index contributed by atoms with van der Waals surface area (Å²) < 4.78 is 14.0. The minimum Gasteiger partial charge on any atom is -0.340 e. The zero-order chi connectivity index (χ0) is 19.9. The van der Waals surface area contributed by atoms with Crippen molar-refractivity contribution in [3.8, 4) is 0 Å². The van der Waals surface area contributed by atoms with Gasteiger partial charge in [0.2, 0.25) is 0 Å². The van der Waals surface area contributed by atoms with Crippen LogP contribution in [0.3, 0.4) is 0 Å². The summed E-state index contributed by atoms with van der Waals surface area (Å²) >= 11 is 0. The zero-order valence-electron chi connectivity index (χ0n) is 16.2. The van der Waals surface area contributed by atoms with Crippen molar-refractivity contribution in [3.63, 3.8) is 0 Å². The Morgan fingerprint density at radius 2 is 1.39 bits per heavy atom. The minimum atomic E-state index is -0.325. The molecule has 0 heterocycles. The van der Waals surface area contributed by atoms with Gasteiger partial charge in [-0.25, -0.2) is 4.39 Å². The minimum absolute atomic E-state index is 0.0634. The quantitative estimate of drug-likeness (QED) is 0.652. The molecule has 0 saturated carbocycles. The van der Waals surface area contributed by atoms with E-state index in [2.05, 4.69) is 5.32 Å². The first-order valence-corrected chi connectivity index (χ1v) is 9.52. The van der Waals surface area contributed by atoms with Crippen molar-refractivity contribution in [2.75, 3.05) is 7.05 Å². The van der Waals surface area contributed by atoms with Gasteiger partial charge < -0.3 is 10.2 Å². The van der Waals surface area contributed by atoms with Crippen LogP contribution >= 0.6 is 0 Å². The van der Waals surface area contributed by atoms with Gasteiger partial charge in [-0.2, -0.15) is 0 Å². The zero-order valence-corrected chi connectivity index (χ0v) is 16.2. The summed E-state index contributed by atoms with van der Waals surface area (Å²) in [6.07, 6.45) is 0. The second-order valence-electron chi connectivity index (χ2n) is 7.10. The fourth-order valence-corrected chi connectivity index (χ4v) is 3.24.